The third-order valence-electron chi connectivity index (χ3n) is 5.74. The summed E-state index contributed by atoms with van der Waals surface area (Å²) in [5.74, 6) is 0.0608. The van der Waals surface area contributed by atoms with Gasteiger partial charge in [-0.05, 0) is 19.3 Å². The molecule has 4 nitrogen and oxygen atoms in total. The molecule has 0 aliphatic rings. The molecule has 30 heavy (non-hydrogen) atoms. The molecule has 0 saturated heterocycles. The molecule has 0 saturated carbocycles. The molecule has 0 amide bonds. The first-order valence-corrected chi connectivity index (χ1v) is 14.1. The molecule has 0 heterocycles. The molecule has 0 radical (unpaired) electrons. The predicted molar refractivity (Wildman–Crippen MR) is 129 cm³/mol. The second-order valence-electron chi connectivity index (χ2n) is 8.78. The van der Waals surface area contributed by atoms with E-state index < -0.39 is 10.4 Å². The van der Waals surface area contributed by atoms with Crippen LogP contribution in [0.4, 0.5) is 0 Å². The van der Waals surface area contributed by atoms with E-state index in [1.807, 2.05) is 0 Å². The fourth-order valence-electron chi connectivity index (χ4n) is 3.81. The molecule has 1 unspecified atom stereocenters. The highest BCUT2D eigenvalue weighted by Crippen LogP contribution is 2.16. The van der Waals surface area contributed by atoms with Crippen molar-refractivity contribution in [3.63, 3.8) is 0 Å². The smallest absolute Gasteiger partial charge is 0.264 e. The molecule has 5 heteroatoms. The van der Waals surface area contributed by atoms with Crippen LogP contribution in [0.2, 0.25) is 0 Å². The Morgan fingerprint density at radius 2 is 1.13 bits per heavy atom. The number of rotatable bonds is 23. The van der Waals surface area contributed by atoms with Crippen molar-refractivity contribution < 1.29 is 17.2 Å². The number of unbranched alkanes of at least 4 members (excludes halogenated alkanes) is 16. The van der Waals surface area contributed by atoms with E-state index in [0.717, 1.165) is 19.3 Å². The lowest BCUT2D eigenvalue weighted by Gasteiger charge is -2.12. The van der Waals surface area contributed by atoms with Crippen LogP contribution in [0.25, 0.3) is 0 Å². The third kappa shape index (κ3) is 23.9. The summed E-state index contributed by atoms with van der Waals surface area (Å²) in [6.45, 7) is 4.53. The summed E-state index contributed by atoms with van der Waals surface area (Å²) >= 11 is 0. The lowest BCUT2D eigenvalue weighted by atomic mass is 9.99. The summed E-state index contributed by atoms with van der Waals surface area (Å²) in [4.78, 5) is 0. The second-order valence-corrected chi connectivity index (χ2v) is 9.87. The van der Waals surface area contributed by atoms with E-state index >= 15 is 0 Å². The van der Waals surface area contributed by atoms with Crippen LogP contribution in [0.3, 0.4) is 0 Å². The minimum absolute atomic E-state index is 0.0448. The molecule has 1 N–H and O–H groups in total. The highest BCUT2D eigenvalue weighted by Gasteiger charge is 2.11. The van der Waals surface area contributed by atoms with E-state index in [1.165, 1.54) is 103 Å². The molecular weight excluding hydrogens is 396 g/mol. The minimum atomic E-state index is -4.35. The van der Waals surface area contributed by atoms with Crippen molar-refractivity contribution in [3.05, 3.63) is 12.2 Å². The maximum atomic E-state index is 10.9. The van der Waals surface area contributed by atoms with Crippen LogP contribution < -0.4 is 0 Å². The fourth-order valence-corrected chi connectivity index (χ4v) is 4.16. The normalized spacial score (nSPS) is 13.3. The standard InChI is InChI=1S/C25H50O4S/c1-3-5-7-9-11-12-13-14-15-17-19-21-23-25(24-29-30(26,27)28)22-20-18-16-10-8-6-4-2/h21,23,25H,3-20,22,24H2,1-2H3,(H,26,27,28)/b23-21+. The quantitative estimate of drug-likeness (QED) is 0.0971. The first-order valence-electron chi connectivity index (χ1n) is 12.8. The highest BCUT2D eigenvalue weighted by atomic mass is 32.3. The van der Waals surface area contributed by atoms with Crippen LogP contribution >= 0.6 is 0 Å². The number of hydrogen-bond acceptors (Lipinski definition) is 3. The lowest BCUT2D eigenvalue weighted by molar-refractivity contribution is 0.234. The lowest BCUT2D eigenvalue weighted by Crippen LogP contribution is -2.12. The summed E-state index contributed by atoms with van der Waals surface area (Å²) in [6.07, 6.45) is 28.2. The molecule has 0 rings (SSSR count). The van der Waals surface area contributed by atoms with Crippen molar-refractivity contribution in [3.8, 4) is 0 Å². The topological polar surface area (TPSA) is 63.6 Å². The summed E-state index contributed by atoms with van der Waals surface area (Å²) < 4.78 is 35.3. The van der Waals surface area contributed by atoms with Crippen molar-refractivity contribution in [2.75, 3.05) is 6.61 Å². The molecule has 1 atom stereocenters. The fraction of sp³-hybridized carbons (Fsp3) is 0.920. The maximum absolute atomic E-state index is 10.9. The zero-order chi connectivity index (χ0) is 22.3. The average molecular weight is 447 g/mol. The van der Waals surface area contributed by atoms with Gasteiger partial charge >= 0.3 is 10.4 Å². The monoisotopic (exact) mass is 446 g/mol. The molecule has 180 valence electrons. The van der Waals surface area contributed by atoms with Gasteiger partial charge in [-0.15, -0.1) is 0 Å². The van der Waals surface area contributed by atoms with Crippen molar-refractivity contribution >= 4 is 10.4 Å². The largest absolute Gasteiger partial charge is 0.397 e. The molecule has 0 spiro atoms. The van der Waals surface area contributed by atoms with Gasteiger partial charge in [-0.3, -0.25) is 4.55 Å². The Kier molecular flexibility index (Phi) is 21.5. The van der Waals surface area contributed by atoms with Gasteiger partial charge in [0.15, 0.2) is 0 Å². The van der Waals surface area contributed by atoms with E-state index in [9.17, 15) is 8.42 Å². The molecule has 0 bridgehead atoms. The van der Waals surface area contributed by atoms with Crippen molar-refractivity contribution in [1.29, 1.82) is 0 Å². The van der Waals surface area contributed by atoms with Crippen LogP contribution in [-0.2, 0) is 14.6 Å². The first-order chi connectivity index (χ1) is 14.5. The highest BCUT2D eigenvalue weighted by molar-refractivity contribution is 7.80. The molecule has 0 aromatic heterocycles. The van der Waals surface area contributed by atoms with Gasteiger partial charge in [0.05, 0.1) is 6.61 Å². The van der Waals surface area contributed by atoms with Gasteiger partial charge < -0.3 is 0 Å². The van der Waals surface area contributed by atoms with Crippen LogP contribution in [0.1, 0.15) is 136 Å². The van der Waals surface area contributed by atoms with Crippen LogP contribution in [0.5, 0.6) is 0 Å². The second kappa shape index (κ2) is 21.8. The van der Waals surface area contributed by atoms with E-state index in [4.69, 9.17) is 4.55 Å². The Morgan fingerprint density at radius 1 is 0.700 bits per heavy atom. The third-order valence-corrected chi connectivity index (χ3v) is 6.18. The van der Waals surface area contributed by atoms with Crippen LogP contribution in [0, 0.1) is 5.92 Å². The number of allylic oxidation sites excluding steroid dienone is 1. The molecule has 0 fully saturated rings. The SMILES string of the molecule is CCCCCCCCCCCC/C=C/C(CCCCCCCCC)COS(=O)(=O)O. The Hall–Kier alpha value is -0.390. The van der Waals surface area contributed by atoms with Gasteiger partial charge in [0, 0.05) is 5.92 Å². The summed E-state index contributed by atoms with van der Waals surface area (Å²) in [5, 5.41) is 0. The zero-order valence-electron chi connectivity index (χ0n) is 20.0. The van der Waals surface area contributed by atoms with Gasteiger partial charge in [-0.1, -0.05) is 129 Å². The Bertz CT molecular complexity index is 474. The van der Waals surface area contributed by atoms with Gasteiger partial charge in [0.1, 0.15) is 0 Å². The zero-order valence-corrected chi connectivity index (χ0v) is 20.8. The first kappa shape index (κ1) is 29.6. The van der Waals surface area contributed by atoms with Gasteiger partial charge in [0.2, 0.25) is 0 Å². The summed E-state index contributed by atoms with van der Waals surface area (Å²) in [6, 6.07) is 0. The number of hydrogen-bond donors (Lipinski definition) is 1. The summed E-state index contributed by atoms with van der Waals surface area (Å²) in [5.41, 5.74) is 0. The van der Waals surface area contributed by atoms with Crippen molar-refractivity contribution in [2.45, 2.75) is 136 Å². The molecule has 0 aromatic rings. The Labute approximate surface area is 188 Å². The molecular formula is C25H50O4S. The van der Waals surface area contributed by atoms with Crippen LogP contribution in [0.15, 0.2) is 12.2 Å². The van der Waals surface area contributed by atoms with Gasteiger partial charge in [-0.25, -0.2) is 4.18 Å². The van der Waals surface area contributed by atoms with E-state index in [-0.39, 0.29) is 12.5 Å². The predicted octanol–water partition coefficient (Wildman–Crippen LogP) is 8.43. The van der Waals surface area contributed by atoms with Gasteiger partial charge in [-0.2, -0.15) is 8.42 Å². The minimum Gasteiger partial charge on any atom is -0.264 e. The molecule has 0 aliphatic heterocycles. The molecule has 0 aliphatic carbocycles. The summed E-state index contributed by atoms with van der Waals surface area (Å²) in [7, 11) is -4.35. The van der Waals surface area contributed by atoms with E-state index in [2.05, 4.69) is 30.2 Å². The van der Waals surface area contributed by atoms with E-state index in [0.29, 0.717) is 0 Å². The van der Waals surface area contributed by atoms with Gasteiger partial charge in [0.25, 0.3) is 0 Å². The maximum Gasteiger partial charge on any atom is 0.397 e. The van der Waals surface area contributed by atoms with Crippen LogP contribution in [-0.4, -0.2) is 19.6 Å². The Morgan fingerprint density at radius 3 is 1.60 bits per heavy atom. The van der Waals surface area contributed by atoms with Crippen molar-refractivity contribution in [2.24, 2.45) is 5.92 Å². The van der Waals surface area contributed by atoms with E-state index in [1.54, 1.807) is 0 Å². The Balaban J connectivity index is 3.88. The average Bonchev–Trinajstić information content (AvgIpc) is 2.70. The molecule has 0 aromatic carbocycles. The van der Waals surface area contributed by atoms with Crippen molar-refractivity contribution in [1.82, 2.24) is 0 Å².